The van der Waals surface area contributed by atoms with Crippen LogP contribution in [0.15, 0.2) is 12.1 Å². The van der Waals surface area contributed by atoms with Crippen LogP contribution in [0.5, 0.6) is 0 Å². The third-order valence-electron chi connectivity index (χ3n) is 3.70. The molecule has 0 bridgehead atoms. The molecule has 1 aromatic rings. The molecule has 1 heterocycles. The predicted octanol–water partition coefficient (Wildman–Crippen LogP) is 2.68. The van der Waals surface area contributed by atoms with E-state index < -0.39 is 4.92 Å². The van der Waals surface area contributed by atoms with E-state index in [0.717, 1.165) is 12.6 Å². The minimum Gasteiger partial charge on any atom is -0.336 e. The Kier molecular flexibility index (Phi) is 4.70. The first-order valence-electron chi connectivity index (χ1n) is 6.44. The van der Waals surface area contributed by atoms with E-state index in [1.165, 1.54) is 6.07 Å². The summed E-state index contributed by atoms with van der Waals surface area (Å²) >= 11 is 11.9. The fourth-order valence-electron chi connectivity index (χ4n) is 2.24. The SMILES string of the molecule is CC1CN(C(=O)c2cc([N+](=O)[O-])cc(Cl)c2Cl)CCN1C. The van der Waals surface area contributed by atoms with Crippen LogP contribution in [0.2, 0.25) is 10.0 Å². The van der Waals surface area contributed by atoms with Crippen LogP contribution in [0, 0.1) is 10.1 Å². The van der Waals surface area contributed by atoms with Crippen molar-refractivity contribution in [3.05, 3.63) is 37.9 Å². The highest BCUT2D eigenvalue weighted by atomic mass is 35.5. The van der Waals surface area contributed by atoms with E-state index in [1.807, 2.05) is 14.0 Å². The third kappa shape index (κ3) is 3.28. The van der Waals surface area contributed by atoms with Crippen LogP contribution in [0.3, 0.4) is 0 Å². The van der Waals surface area contributed by atoms with Gasteiger partial charge in [-0.15, -0.1) is 0 Å². The molecule has 0 spiro atoms. The molecule has 1 saturated heterocycles. The number of non-ortho nitro benzene ring substituents is 1. The van der Waals surface area contributed by atoms with E-state index in [2.05, 4.69) is 4.90 Å². The van der Waals surface area contributed by atoms with E-state index in [-0.39, 0.29) is 33.2 Å². The minimum absolute atomic E-state index is 0.0105. The summed E-state index contributed by atoms with van der Waals surface area (Å²) in [6.45, 7) is 3.86. The van der Waals surface area contributed by atoms with Crippen LogP contribution < -0.4 is 0 Å². The van der Waals surface area contributed by atoms with Crippen molar-refractivity contribution < 1.29 is 9.72 Å². The van der Waals surface area contributed by atoms with Crippen molar-refractivity contribution in [1.82, 2.24) is 9.80 Å². The Morgan fingerprint density at radius 2 is 2.05 bits per heavy atom. The molecule has 0 N–H and O–H groups in total. The number of halogens is 2. The topological polar surface area (TPSA) is 66.7 Å². The molecule has 114 valence electrons. The van der Waals surface area contributed by atoms with Gasteiger partial charge in [0.15, 0.2) is 0 Å². The molecule has 1 aliphatic rings. The van der Waals surface area contributed by atoms with E-state index in [4.69, 9.17) is 23.2 Å². The van der Waals surface area contributed by atoms with Gasteiger partial charge in [-0.2, -0.15) is 0 Å². The predicted molar refractivity (Wildman–Crippen MR) is 81.1 cm³/mol. The second-order valence-corrected chi connectivity index (χ2v) is 5.91. The number of nitro benzene ring substituents is 1. The summed E-state index contributed by atoms with van der Waals surface area (Å²) in [6, 6.07) is 2.54. The van der Waals surface area contributed by atoms with Crippen molar-refractivity contribution in [2.75, 3.05) is 26.7 Å². The smallest absolute Gasteiger partial charge is 0.271 e. The van der Waals surface area contributed by atoms with Gasteiger partial charge in [0.1, 0.15) is 0 Å². The molecule has 1 aromatic carbocycles. The van der Waals surface area contributed by atoms with Gasteiger partial charge in [0, 0.05) is 37.8 Å². The van der Waals surface area contributed by atoms with E-state index in [9.17, 15) is 14.9 Å². The fourth-order valence-corrected chi connectivity index (χ4v) is 2.64. The standard InChI is InChI=1S/C13H15Cl2N3O3/c1-8-7-17(4-3-16(8)2)13(19)10-5-9(18(20)21)6-11(14)12(10)15/h5-6,8H,3-4,7H2,1-2H3. The summed E-state index contributed by atoms with van der Waals surface area (Å²) in [6.07, 6.45) is 0. The molecule has 8 heteroatoms. The number of likely N-dealkylation sites (N-methyl/N-ethyl adjacent to an activating group) is 1. The minimum atomic E-state index is -0.592. The largest absolute Gasteiger partial charge is 0.336 e. The zero-order chi connectivity index (χ0) is 15.7. The van der Waals surface area contributed by atoms with Crippen LogP contribution >= 0.6 is 23.2 Å². The summed E-state index contributed by atoms with van der Waals surface area (Å²) in [5, 5.41) is 10.9. The number of hydrogen-bond donors (Lipinski definition) is 0. The highest BCUT2D eigenvalue weighted by Crippen LogP contribution is 2.32. The van der Waals surface area contributed by atoms with Gasteiger partial charge in [-0.3, -0.25) is 14.9 Å². The second kappa shape index (κ2) is 6.17. The number of nitrogens with zero attached hydrogens (tertiary/aromatic N) is 3. The maximum absolute atomic E-state index is 12.5. The van der Waals surface area contributed by atoms with Crippen molar-refractivity contribution in [3.8, 4) is 0 Å². The molecule has 0 saturated carbocycles. The van der Waals surface area contributed by atoms with E-state index >= 15 is 0 Å². The molecular formula is C13H15Cl2N3O3. The molecule has 6 nitrogen and oxygen atoms in total. The number of piperazine rings is 1. The lowest BCUT2D eigenvalue weighted by atomic mass is 10.1. The van der Waals surface area contributed by atoms with Crippen LogP contribution in [0.1, 0.15) is 17.3 Å². The van der Waals surface area contributed by atoms with Gasteiger partial charge >= 0.3 is 0 Å². The maximum atomic E-state index is 12.5. The first-order valence-corrected chi connectivity index (χ1v) is 7.19. The quantitative estimate of drug-likeness (QED) is 0.617. The summed E-state index contributed by atoms with van der Waals surface area (Å²) < 4.78 is 0. The van der Waals surface area contributed by atoms with Crippen molar-refractivity contribution in [2.45, 2.75) is 13.0 Å². The Balaban J connectivity index is 2.33. The second-order valence-electron chi connectivity index (χ2n) is 5.13. The molecule has 1 amide bonds. The summed E-state index contributed by atoms with van der Waals surface area (Å²) in [5.74, 6) is -0.328. The van der Waals surface area contributed by atoms with Crippen molar-refractivity contribution in [3.63, 3.8) is 0 Å². The van der Waals surface area contributed by atoms with Gasteiger partial charge in [-0.1, -0.05) is 23.2 Å². The fraction of sp³-hybridized carbons (Fsp3) is 0.462. The Hall–Kier alpha value is -1.37. The van der Waals surface area contributed by atoms with Gasteiger partial charge in [0.05, 0.1) is 20.5 Å². The lowest BCUT2D eigenvalue weighted by Gasteiger charge is -2.37. The number of carbonyl (C=O) groups excluding carboxylic acids is 1. The van der Waals surface area contributed by atoms with Gasteiger partial charge < -0.3 is 9.80 Å². The average molecular weight is 332 g/mol. The number of carbonyl (C=O) groups is 1. The monoisotopic (exact) mass is 331 g/mol. The molecule has 21 heavy (non-hydrogen) atoms. The zero-order valence-corrected chi connectivity index (χ0v) is 13.2. The summed E-state index contributed by atoms with van der Waals surface area (Å²) in [7, 11) is 1.99. The van der Waals surface area contributed by atoms with Crippen molar-refractivity contribution in [2.24, 2.45) is 0 Å². The van der Waals surface area contributed by atoms with E-state index in [1.54, 1.807) is 4.90 Å². The number of hydrogen-bond acceptors (Lipinski definition) is 4. The van der Waals surface area contributed by atoms with Crippen LogP contribution in [0.25, 0.3) is 0 Å². The van der Waals surface area contributed by atoms with Crippen molar-refractivity contribution >= 4 is 34.8 Å². The van der Waals surface area contributed by atoms with Crippen LogP contribution in [-0.4, -0.2) is 53.4 Å². The lowest BCUT2D eigenvalue weighted by molar-refractivity contribution is -0.384. The lowest BCUT2D eigenvalue weighted by Crippen LogP contribution is -2.52. The molecule has 1 aliphatic heterocycles. The first-order chi connectivity index (χ1) is 9.81. The summed E-state index contributed by atoms with van der Waals surface area (Å²) in [5.41, 5.74) is -0.164. The van der Waals surface area contributed by atoms with Crippen LogP contribution in [0.4, 0.5) is 5.69 Å². The normalized spacial score (nSPS) is 19.6. The van der Waals surface area contributed by atoms with Gasteiger partial charge in [-0.25, -0.2) is 0 Å². The first kappa shape index (κ1) is 16.0. The Morgan fingerprint density at radius 3 is 2.62 bits per heavy atom. The van der Waals surface area contributed by atoms with E-state index in [0.29, 0.717) is 13.1 Å². The van der Waals surface area contributed by atoms with Gasteiger partial charge in [0.2, 0.25) is 0 Å². The number of rotatable bonds is 2. The highest BCUT2D eigenvalue weighted by molar-refractivity contribution is 6.44. The molecule has 0 aromatic heterocycles. The Bertz CT molecular complexity index is 594. The molecular weight excluding hydrogens is 317 g/mol. The molecule has 2 rings (SSSR count). The zero-order valence-electron chi connectivity index (χ0n) is 11.7. The molecule has 0 aliphatic carbocycles. The molecule has 1 unspecified atom stereocenters. The third-order valence-corrected chi connectivity index (χ3v) is 4.50. The van der Waals surface area contributed by atoms with Gasteiger partial charge in [-0.05, 0) is 14.0 Å². The Morgan fingerprint density at radius 1 is 1.38 bits per heavy atom. The summed E-state index contributed by atoms with van der Waals surface area (Å²) in [4.78, 5) is 26.6. The number of amides is 1. The van der Waals surface area contributed by atoms with Gasteiger partial charge in [0.25, 0.3) is 11.6 Å². The molecule has 1 atom stereocenters. The maximum Gasteiger partial charge on any atom is 0.271 e. The molecule has 0 radical (unpaired) electrons. The number of benzene rings is 1. The molecule has 1 fully saturated rings. The average Bonchev–Trinajstić information content (AvgIpc) is 2.43. The number of nitro groups is 1. The van der Waals surface area contributed by atoms with Crippen molar-refractivity contribution in [1.29, 1.82) is 0 Å². The Labute approximate surface area is 132 Å². The highest BCUT2D eigenvalue weighted by Gasteiger charge is 2.28. The van der Waals surface area contributed by atoms with Crippen LogP contribution in [-0.2, 0) is 0 Å².